The average molecular weight is 473 g/mol. The first kappa shape index (κ1) is 23.7. The maximum absolute atomic E-state index is 13.0. The summed E-state index contributed by atoms with van der Waals surface area (Å²) in [5.74, 6) is -0.289. The Balaban J connectivity index is 1.32. The highest BCUT2D eigenvalue weighted by atomic mass is 35.5. The molecule has 4 rings (SSSR count). The third kappa shape index (κ3) is 5.91. The van der Waals surface area contributed by atoms with E-state index in [0.717, 1.165) is 24.1 Å². The fourth-order valence-corrected chi connectivity index (χ4v) is 5.10. The first-order valence-corrected chi connectivity index (χ1v) is 11.8. The number of carbonyl (C=O) groups is 2. The molecule has 2 aliphatic heterocycles. The number of likely N-dealkylation sites (N-methyl/N-ethyl adjacent to an activating group) is 1. The Morgan fingerprint density at radius 1 is 1.21 bits per heavy atom. The third-order valence-electron chi connectivity index (χ3n) is 6.73. The predicted molar refractivity (Wildman–Crippen MR) is 126 cm³/mol. The van der Waals surface area contributed by atoms with Gasteiger partial charge in [-0.2, -0.15) is 0 Å². The first-order valence-electron chi connectivity index (χ1n) is 11.4. The molecule has 2 amide bonds. The van der Waals surface area contributed by atoms with E-state index in [2.05, 4.69) is 27.5 Å². The molecule has 0 aromatic heterocycles. The minimum Gasteiger partial charge on any atom is -0.353 e. The van der Waals surface area contributed by atoms with Crippen molar-refractivity contribution >= 4 is 23.4 Å². The van der Waals surface area contributed by atoms with Gasteiger partial charge in [0.2, 0.25) is 11.8 Å². The number of amides is 2. The van der Waals surface area contributed by atoms with Crippen LogP contribution in [0.4, 0.5) is 4.39 Å². The second kappa shape index (κ2) is 10.6. The molecule has 0 aliphatic carbocycles. The van der Waals surface area contributed by atoms with Crippen molar-refractivity contribution in [1.29, 1.82) is 0 Å². The molecule has 6 nitrogen and oxygen atoms in total. The van der Waals surface area contributed by atoms with Crippen LogP contribution in [0.25, 0.3) is 0 Å². The van der Waals surface area contributed by atoms with Gasteiger partial charge in [0.1, 0.15) is 11.9 Å². The molecule has 0 spiro atoms. The molecule has 2 saturated heterocycles. The van der Waals surface area contributed by atoms with Crippen molar-refractivity contribution in [1.82, 2.24) is 20.4 Å². The Kier molecular flexibility index (Phi) is 7.63. The number of hydrogen-bond acceptors (Lipinski definition) is 4. The van der Waals surface area contributed by atoms with E-state index in [9.17, 15) is 14.0 Å². The van der Waals surface area contributed by atoms with E-state index < -0.39 is 0 Å². The Morgan fingerprint density at radius 3 is 2.76 bits per heavy atom. The number of likely N-dealkylation sites (tertiary alicyclic amines) is 1. The highest BCUT2D eigenvalue weighted by Crippen LogP contribution is 2.29. The molecule has 3 atom stereocenters. The largest absolute Gasteiger partial charge is 0.353 e. The lowest BCUT2D eigenvalue weighted by molar-refractivity contribution is -0.126. The van der Waals surface area contributed by atoms with E-state index in [4.69, 9.17) is 11.6 Å². The molecule has 8 heteroatoms. The van der Waals surface area contributed by atoms with Crippen LogP contribution < -0.4 is 10.6 Å². The van der Waals surface area contributed by atoms with Crippen molar-refractivity contribution in [2.45, 2.75) is 50.5 Å². The minimum atomic E-state index is -0.292. The molecule has 0 unspecified atom stereocenters. The Hall–Kier alpha value is -2.48. The van der Waals surface area contributed by atoms with Crippen molar-refractivity contribution in [3.8, 4) is 0 Å². The van der Waals surface area contributed by atoms with Gasteiger partial charge in [0.05, 0.1) is 0 Å². The molecule has 0 bridgehead atoms. The van der Waals surface area contributed by atoms with Crippen LogP contribution in [-0.2, 0) is 22.7 Å². The number of nitrogens with one attached hydrogen (secondary N) is 2. The Bertz CT molecular complexity index is 987. The van der Waals surface area contributed by atoms with E-state index >= 15 is 0 Å². The van der Waals surface area contributed by atoms with Gasteiger partial charge in [-0.05, 0) is 55.3 Å². The number of hydrogen-bond donors (Lipinski definition) is 2. The van der Waals surface area contributed by atoms with Crippen LogP contribution in [0.5, 0.6) is 0 Å². The topological polar surface area (TPSA) is 64.7 Å². The van der Waals surface area contributed by atoms with E-state index in [-0.39, 0.29) is 35.8 Å². The smallest absolute Gasteiger partial charge is 0.239 e. The summed E-state index contributed by atoms with van der Waals surface area (Å²) in [5, 5.41) is 6.69. The van der Waals surface area contributed by atoms with Crippen LogP contribution in [-0.4, -0.2) is 59.9 Å². The highest BCUT2D eigenvalue weighted by Gasteiger charge is 2.44. The number of nitrogens with zero attached hydrogens (tertiary/aromatic N) is 2. The Morgan fingerprint density at radius 2 is 2.00 bits per heavy atom. The van der Waals surface area contributed by atoms with Crippen LogP contribution in [0.3, 0.4) is 0 Å². The molecule has 2 aromatic carbocycles. The number of benzene rings is 2. The van der Waals surface area contributed by atoms with Gasteiger partial charge >= 0.3 is 0 Å². The summed E-state index contributed by atoms with van der Waals surface area (Å²) in [7, 11) is 2.06. The van der Waals surface area contributed by atoms with Crippen LogP contribution in [0.2, 0.25) is 5.02 Å². The summed E-state index contributed by atoms with van der Waals surface area (Å²) < 4.78 is 13.0. The summed E-state index contributed by atoms with van der Waals surface area (Å²) >= 11 is 6.13. The van der Waals surface area contributed by atoms with Gasteiger partial charge in [0.25, 0.3) is 0 Å². The SMILES string of the molecule is CN1[C@@H](CCC(=O)NCc2ccc(F)cc2)CNC(=O)[C@@H]2[C@H]1CCN2Cc1cccc(Cl)c1. The molecule has 176 valence electrons. The summed E-state index contributed by atoms with van der Waals surface area (Å²) in [5.41, 5.74) is 1.95. The van der Waals surface area contributed by atoms with Crippen molar-refractivity contribution in [3.05, 3.63) is 70.5 Å². The number of halogens is 2. The lowest BCUT2D eigenvalue weighted by Crippen LogP contribution is -2.49. The molecule has 0 radical (unpaired) electrons. The zero-order valence-electron chi connectivity index (χ0n) is 18.8. The maximum atomic E-state index is 13.0. The fraction of sp³-hybridized carbons (Fsp3) is 0.440. The van der Waals surface area contributed by atoms with Crippen molar-refractivity contribution in [2.24, 2.45) is 0 Å². The van der Waals surface area contributed by atoms with E-state index in [1.165, 1.54) is 12.1 Å². The highest BCUT2D eigenvalue weighted by molar-refractivity contribution is 6.30. The second-order valence-electron chi connectivity index (χ2n) is 8.91. The zero-order valence-corrected chi connectivity index (χ0v) is 19.5. The number of carbonyl (C=O) groups excluding carboxylic acids is 2. The van der Waals surface area contributed by atoms with Crippen molar-refractivity contribution in [2.75, 3.05) is 20.1 Å². The monoisotopic (exact) mass is 472 g/mol. The zero-order chi connectivity index (χ0) is 23.4. The van der Waals surface area contributed by atoms with Gasteiger partial charge in [-0.3, -0.25) is 19.4 Å². The molecule has 0 saturated carbocycles. The minimum absolute atomic E-state index is 0.0474. The molecule has 2 fully saturated rings. The van der Waals surface area contributed by atoms with Gasteiger partial charge in [-0.1, -0.05) is 35.9 Å². The van der Waals surface area contributed by atoms with Crippen LogP contribution in [0.1, 0.15) is 30.4 Å². The summed E-state index contributed by atoms with van der Waals surface area (Å²) in [6, 6.07) is 13.9. The molecule has 2 heterocycles. The Labute approximate surface area is 199 Å². The third-order valence-corrected chi connectivity index (χ3v) is 6.97. The van der Waals surface area contributed by atoms with Crippen LogP contribution in [0.15, 0.2) is 48.5 Å². The normalized spacial score (nSPS) is 23.6. The number of fused-ring (bicyclic) bond motifs is 1. The molecule has 2 aromatic rings. The maximum Gasteiger partial charge on any atom is 0.239 e. The summed E-state index contributed by atoms with van der Waals surface area (Å²) in [6.45, 7) is 2.42. The first-order chi connectivity index (χ1) is 15.9. The number of rotatable bonds is 7. The predicted octanol–water partition coefficient (Wildman–Crippen LogP) is 2.95. The van der Waals surface area contributed by atoms with Gasteiger partial charge in [0, 0.05) is 49.7 Å². The average Bonchev–Trinajstić information content (AvgIpc) is 3.16. The molecule has 2 aliphatic rings. The van der Waals surface area contributed by atoms with Crippen LogP contribution >= 0.6 is 11.6 Å². The fourth-order valence-electron chi connectivity index (χ4n) is 4.88. The lowest BCUT2D eigenvalue weighted by Gasteiger charge is -2.33. The van der Waals surface area contributed by atoms with Crippen molar-refractivity contribution in [3.63, 3.8) is 0 Å². The summed E-state index contributed by atoms with van der Waals surface area (Å²) in [6.07, 6.45) is 1.93. The lowest BCUT2D eigenvalue weighted by atomic mass is 10.0. The van der Waals surface area contributed by atoms with Gasteiger partial charge in [0.15, 0.2) is 0 Å². The molecular formula is C25H30ClFN4O2. The van der Waals surface area contributed by atoms with Gasteiger partial charge in [-0.15, -0.1) is 0 Å². The molecule has 2 N–H and O–H groups in total. The molecular weight excluding hydrogens is 443 g/mol. The van der Waals surface area contributed by atoms with E-state index in [1.54, 1.807) is 12.1 Å². The quantitative estimate of drug-likeness (QED) is 0.650. The standard InChI is InChI=1S/C25H30ClFN4O2/c1-30-21(9-10-23(32)28-14-17-5-7-20(27)8-6-17)15-29-25(33)24-22(30)11-12-31(24)16-18-3-2-4-19(26)13-18/h2-8,13,21-22,24H,9-12,14-16H2,1H3,(H,28,32)(H,29,33)/t21-,22+,24-/m0/s1. The van der Waals surface area contributed by atoms with Gasteiger partial charge in [-0.25, -0.2) is 4.39 Å². The van der Waals surface area contributed by atoms with Crippen LogP contribution in [0, 0.1) is 5.82 Å². The summed E-state index contributed by atoms with van der Waals surface area (Å²) in [4.78, 5) is 29.8. The van der Waals surface area contributed by atoms with E-state index in [1.807, 2.05) is 24.3 Å². The van der Waals surface area contributed by atoms with E-state index in [0.29, 0.717) is 37.5 Å². The van der Waals surface area contributed by atoms with Crippen molar-refractivity contribution < 1.29 is 14.0 Å². The molecule has 33 heavy (non-hydrogen) atoms. The second-order valence-corrected chi connectivity index (χ2v) is 9.34. The van der Waals surface area contributed by atoms with Gasteiger partial charge < -0.3 is 10.6 Å².